The number of rotatable bonds is 9. The molecule has 8 heteroatoms. The van der Waals surface area contributed by atoms with Crippen molar-refractivity contribution in [2.45, 2.75) is 41.4 Å². The van der Waals surface area contributed by atoms with Crippen molar-refractivity contribution in [3.63, 3.8) is 0 Å². The lowest BCUT2D eigenvalue weighted by molar-refractivity contribution is -0.119. The Labute approximate surface area is 165 Å². The summed E-state index contributed by atoms with van der Waals surface area (Å²) in [5.74, 6) is 2.10. The second-order valence-corrected chi connectivity index (χ2v) is 9.34. The van der Waals surface area contributed by atoms with Crippen LogP contribution in [0.25, 0.3) is 11.0 Å². The van der Waals surface area contributed by atoms with Crippen molar-refractivity contribution in [2.75, 3.05) is 11.5 Å². The highest BCUT2D eigenvalue weighted by Gasteiger charge is 2.15. The van der Waals surface area contributed by atoms with E-state index in [0.29, 0.717) is 5.75 Å². The first-order valence-corrected chi connectivity index (χ1v) is 11.3. The number of unbranched alkanes of at least 4 members (excludes halogenated alkanes) is 1. The molecule has 5 nitrogen and oxygen atoms in total. The van der Waals surface area contributed by atoms with Crippen LogP contribution in [0.5, 0.6) is 0 Å². The number of nitrogens with one attached hydrogen (secondary N) is 1. The van der Waals surface area contributed by atoms with Gasteiger partial charge in [0, 0.05) is 11.1 Å². The highest BCUT2D eigenvalue weighted by molar-refractivity contribution is 8.03. The maximum Gasteiger partial charge on any atom is 0.231 e. The Kier molecular flexibility index (Phi) is 6.99. The van der Waals surface area contributed by atoms with Gasteiger partial charge in [0.05, 0.1) is 11.8 Å². The summed E-state index contributed by atoms with van der Waals surface area (Å²) < 4.78 is 7.60. The molecule has 0 saturated carbocycles. The first-order chi connectivity index (χ1) is 12.7. The lowest BCUT2D eigenvalue weighted by Gasteiger charge is -2.10. The molecule has 1 amide bonds. The van der Waals surface area contributed by atoms with Gasteiger partial charge in [0.1, 0.15) is 11.3 Å². The van der Waals surface area contributed by atoms with Crippen LogP contribution >= 0.6 is 34.9 Å². The minimum absolute atomic E-state index is 0.0432. The van der Waals surface area contributed by atoms with Gasteiger partial charge in [0.2, 0.25) is 5.91 Å². The number of thioether (sulfide) groups is 2. The minimum Gasteiger partial charge on any atom is -0.459 e. The van der Waals surface area contributed by atoms with E-state index in [1.165, 1.54) is 24.6 Å². The number of fused-ring (bicyclic) bond motifs is 1. The fourth-order valence-electron chi connectivity index (χ4n) is 2.32. The van der Waals surface area contributed by atoms with E-state index in [1.54, 1.807) is 23.1 Å². The van der Waals surface area contributed by atoms with E-state index >= 15 is 0 Å². The number of furan rings is 1. The molecule has 26 heavy (non-hydrogen) atoms. The van der Waals surface area contributed by atoms with Gasteiger partial charge in [-0.05, 0) is 25.5 Å². The lowest BCUT2D eigenvalue weighted by atomic mass is 10.2. The molecule has 0 spiro atoms. The highest BCUT2D eigenvalue weighted by Crippen LogP contribution is 2.29. The van der Waals surface area contributed by atoms with Crippen LogP contribution in [0.3, 0.4) is 0 Å². The fourth-order valence-corrected chi connectivity index (χ4v) is 5.30. The average molecular weight is 408 g/mol. The number of benzene rings is 1. The van der Waals surface area contributed by atoms with Gasteiger partial charge in [-0.1, -0.05) is 66.4 Å². The average Bonchev–Trinajstić information content (AvgIpc) is 3.27. The smallest absolute Gasteiger partial charge is 0.231 e. The van der Waals surface area contributed by atoms with Crippen LogP contribution in [0.2, 0.25) is 0 Å². The fraction of sp³-hybridized carbons (Fsp3) is 0.389. The number of carbonyl (C=O) groups excluding carboxylic acids is 1. The van der Waals surface area contributed by atoms with Crippen LogP contribution in [0.4, 0.5) is 0 Å². The van der Waals surface area contributed by atoms with Crippen molar-refractivity contribution in [3.05, 3.63) is 36.1 Å². The van der Waals surface area contributed by atoms with Crippen molar-refractivity contribution in [1.29, 1.82) is 0 Å². The van der Waals surface area contributed by atoms with Crippen LogP contribution in [-0.2, 0) is 4.79 Å². The van der Waals surface area contributed by atoms with E-state index < -0.39 is 0 Å². The molecule has 0 radical (unpaired) electrons. The Bertz CT molecular complexity index is 829. The zero-order valence-electron chi connectivity index (χ0n) is 14.7. The summed E-state index contributed by atoms with van der Waals surface area (Å²) in [5.41, 5.74) is 0.833. The quantitative estimate of drug-likeness (QED) is 0.391. The molecule has 2 heterocycles. The first-order valence-electron chi connectivity index (χ1n) is 8.52. The molecular formula is C18H21N3O2S3. The van der Waals surface area contributed by atoms with E-state index in [-0.39, 0.29) is 11.9 Å². The summed E-state index contributed by atoms with van der Waals surface area (Å²) in [5, 5.41) is 12.3. The molecule has 0 fully saturated rings. The summed E-state index contributed by atoms with van der Waals surface area (Å²) in [6.45, 7) is 4.10. The zero-order chi connectivity index (χ0) is 18.4. The number of aromatic nitrogens is 2. The van der Waals surface area contributed by atoms with Gasteiger partial charge >= 0.3 is 0 Å². The summed E-state index contributed by atoms with van der Waals surface area (Å²) >= 11 is 4.70. The third-order valence-electron chi connectivity index (χ3n) is 3.69. The molecule has 1 atom stereocenters. The molecule has 0 saturated heterocycles. The lowest BCUT2D eigenvalue weighted by Crippen LogP contribution is -2.27. The molecule has 3 rings (SSSR count). The third-order valence-corrected chi connectivity index (χ3v) is 6.96. The standard InChI is InChI=1S/C18H21N3O2S3/c1-3-4-9-24-17-20-21-18(26-17)25-11-16(22)19-12(2)15-10-13-7-5-6-8-14(13)23-15/h5-8,10,12H,3-4,9,11H2,1-2H3,(H,19,22)/t12-/m0/s1. The molecule has 1 aromatic carbocycles. The van der Waals surface area contributed by atoms with Crippen LogP contribution in [0, 0.1) is 0 Å². The zero-order valence-corrected chi connectivity index (χ0v) is 17.2. The topological polar surface area (TPSA) is 68.0 Å². The number of carbonyl (C=O) groups is 1. The molecule has 0 aliphatic heterocycles. The van der Waals surface area contributed by atoms with Gasteiger partial charge in [0.25, 0.3) is 0 Å². The Balaban J connectivity index is 1.47. The van der Waals surface area contributed by atoms with Gasteiger partial charge < -0.3 is 9.73 Å². The molecule has 0 bridgehead atoms. The number of para-hydroxylation sites is 1. The number of amides is 1. The van der Waals surface area contributed by atoms with Gasteiger partial charge in [-0.2, -0.15) is 0 Å². The van der Waals surface area contributed by atoms with Crippen molar-refractivity contribution >= 4 is 51.7 Å². The van der Waals surface area contributed by atoms with Gasteiger partial charge in [-0.15, -0.1) is 10.2 Å². The van der Waals surface area contributed by atoms with Crippen LogP contribution in [0.15, 0.2) is 43.4 Å². The normalized spacial score (nSPS) is 12.4. The van der Waals surface area contributed by atoms with Crippen molar-refractivity contribution < 1.29 is 9.21 Å². The SMILES string of the molecule is CCCCSc1nnc(SCC(=O)N[C@@H](C)c2cc3ccccc3o2)s1. The van der Waals surface area contributed by atoms with Crippen LogP contribution < -0.4 is 5.32 Å². The van der Waals surface area contributed by atoms with Crippen molar-refractivity contribution in [3.8, 4) is 0 Å². The molecule has 2 aromatic heterocycles. The third kappa shape index (κ3) is 5.25. The van der Waals surface area contributed by atoms with E-state index in [2.05, 4.69) is 22.4 Å². The highest BCUT2D eigenvalue weighted by atomic mass is 32.2. The summed E-state index contributed by atoms with van der Waals surface area (Å²) in [6, 6.07) is 9.63. The second-order valence-electron chi connectivity index (χ2n) is 5.80. The monoisotopic (exact) mass is 407 g/mol. The molecule has 1 N–H and O–H groups in total. The summed E-state index contributed by atoms with van der Waals surface area (Å²) in [4.78, 5) is 12.2. The maximum absolute atomic E-state index is 12.2. The molecule has 138 valence electrons. The van der Waals surface area contributed by atoms with E-state index in [9.17, 15) is 4.79 Å². The molecule has 3 aromatic rings. The van der Waals surface area contributed by atoms with Crippen molar-refractivity contribution in [1.82, 2.24) is 15.5 Å². The van der Waals surface area contributed by atoms with E-state index in [4.69, 9.17) is 4.42 Å². The molecule has 0 aliphatic rings. The Morgan fingerprint density at radius 1 is 1.27 bits per heavy atom. The summed E-state index contributed by atoms with van der Waals surface area (Å²) in [6.07, 6.45) is 2.35. The predicted octanol–water partition coefficient (Wildman–Crippen LogP) is 5.15. The Morgan fingerprint density at radius 3 is 2.81 bits per heavy atom. The Morgan fingerprint density at radius 2 is 2.04 bits per heavy atom. The second kappa shape index (κ2) is 9.43. The molecular weight excluding hydrogens is 386 g/mol. The number of hydrogen-bond donors (Lipinski definition) is 1. The minimum atomic E-state index is -0.176. The molecule has 0 unspecified atom stereocenters. The number of nitrogens with zero attached hydrogens (tertiary/aromatic N) is 2. The largest absolute Gasteiger partial charge is 0.459 e. The predicted molar refractivity (Wildman–Crippen MR) is 109 cm³/mol. The van der Waals surface area contributed by atoms with Crippen LogP contribution in [-0.4, -0.2) is 27.6 Å². The first kappa shape index (κ1) is 19.3. The maximum atomic E-state index is 12.2. The molecule has 0 aliphatic carbocycles. The van der Waals surface area contributed by atoms with Crippen LogP contribution in [0.1, 0.15) is 38.5 Å². The van der Waals surface area contributed by atoms with E-state index in [1.807, 2.05) is 37.3 Å². The Hall–Kier alpha value is -1.51. The summed E-state index contributed by atoms with van der Waals surface area (Å²) in [7, 11) is 0. The van der Waals surface area contributed by atoms with Gasteiger partial charge in [-0.25, -0.2) is 0 Å². The van der Waals surface area contributed by atoms with Gasteiger partial charge in [-0.3, -0.25) is 4.79 Å². The van der Waals surface area contributed by atoms with Crippen molar-refractivity contribution in [2.24, 2.45) is 0 Å². The number of hydrogen-bond acceptors (Lipinski definition) is 7. The van der Waals surface area contributed by atoms with Gasteiger partial charge in [0.15, 0.2) is 8.68 Å². The van der Waals surface area contributed by atoms with E-state index in [0.717, 1.165) is 31.2 Å².